The molecule has 3 aromatic rings. The summed E-state index contributed by atoms with van der Waals surface area (Å²) in [6.45, 7) is 1.57. The monoisotopic (exact) mass is 543 g/mol. The molecule has 2 heterocycles. The summed E-state index contributed by atoms with van der Waals surface area (Å²) >= 11 is 1.11. The minimum Gasteiger partial charge on any atom is -0.497 e. The molecule has 1 fully saturated rings. The number of Topliss-reactive ketones (excluding diaryl/α,β-unsaturated/α-hetero) is 1. The third-order valence-electron chi connectivity index (χ3n) is 5.99. The Kier molecular flexibility index (Phi) is 8.74. The molecule has 0 aliphatic carbocycles. The van der Waals surface area contributed by atoms with Crippen LogP contribution in [0.2, 0.25) is 0 Å². The van der Waals surface area contributed by atoms with Crippen molar-refractivity contribution >= 4 is 41.0 Å². The van der Waals surface area contributed by atoms with Gasteiger partial charge >= 0.3 is 5.97 Å². The van der Waals surface area contributed by atoms with E-state index in [-0.39, 0.29) is 23.7 Å². The fourth-order valence-corrected chi connectivity index (χ4v) is 5.10. The quantitative estimate of drug-likeness (QED) is 0.208. The number of benzene rings is 2. The first-order valence-corrected chi connectivity index (χ1v) is 13.1. The number of nitrogens with zero attached hydrogens (tertiary/aromatic N) is 3. The number of ether oxygens (including phenoxy) is 2. The Morgan fingerprint density at radius 1 is 1.10 bits per heavy atom. The van der Waals surface area contributed by atoms with Crippen molar-refractivity contribution in [1.29, 1.82) is 5.26 Å². The number of anilines is 1. The number of carbonyl (C=O) groups excluding carboxylic acids is 4. The average Bonchev–Trinajstić information content (AvgIpc) is 3.23. The standard InChI is InChI=1S/C29H25N3O6S/c1-3-5-21-11-8-20(16-30)27(31-21)39-25-15-26(34)32(28(25)35)22-12-9-18(10-13-22)29(36)38-17-24(33)19-6-4-7-23(14-19)37-2/h4,6-14,25H,3,5,15,17H2,1-2H3. The van der Waals surface area contributed by atoms with Crippen LogP contribution in [0.15, 0.2) is 65.7 Å². The Morgan fingerprint density at radius 3 is 2.56 bits per heavy atom. The molecule has 1 aromatic heterocycles. The van der Waals surface area contributed by atoms with Crippen molar-refractivity contribution in [3.63, 3.8) is 0 Å². The van der Waals surface area contributed by atoms with Gasteiger partial charge in [-0.15, -0.1) is 0 Å². The van der Waals surface area contributed by atoms with Gasteiger partial charge in [-0.3, -0.25) is 14.4 Å². The first kappa shape index (κ1) is 27.5. The zero-order valence-electron chi connectivity index (χ0n) is 21.4. The molecule has 9 nitrogen and oxygen atoms in total. The van der Waals surface area contributed by atoms with Crippen LogP contribution < -0.4 is 9.64 Å². The number of pyridine rings is 1. The number of methoxy groups -OCH3 is 1. The first-order chi connectivity index (χ1) is 18.8. The van der Waals surface area contributed by atoms with Crippen molar-refractivity contribution < 1.29 is 28.7 Å². The number of carbonyl (C=O) groups is 4. The Balaban J connectivity index is 1.40. The van der Waals surface area contributed by atoms with Gasteiger partial charge in [-0.05, 0) is 55.0 Å². The van der Waals surface area contributed by atoms with E-state index in [2.05, 4.69) is 11.1 Å². The lowest BCUT2D eigenvalue weighted by Gasteiger charge is -2.15. The van der Waals surface area contributed by atoms with E-state index in [1.54, 1.807) is 36.4 Å². The molecule has 39 heavy (non-hydrogen) atoms. The second-order valence-electron chi connectivity index (χ2n) is 8.67. The summed E-state index contributed by atoms with van der Waals surface area (Å²) in [6, 6.07) is 17.9. The molecule has 198 valence electrons. The van der Waals surface area contributed by atoms with E-state index >= 15 is 0 Å². The lowest BCUT2D eigenvalue weighted by molar-refractivity contribution is -0.121. The van der Waals surface area contributed by atoms with Gasteiger partial charge in [0.05, 0.1) is 29.2 Å². The number of hydrogen-bond donors (Lipinski definition) is 0. The lowest BCUT2D eigenvalue weighted by atomic mass is 10.1. The fraction of sp³-hybridized carbons (Fsp3) is 0.241. The fourth-order valence-electron chi connectivity index (χ4n) is 3.99. The van der Waals surface area contributed by atoms with Crippen LogP contribution in [0.3, 0.4) is 0 Å². The predicted octanol–water partition coefficient (Wildman–Crippen LogP) is 4.38. The Labute approximate surface area is 229 Å². The van der Waals surface area contributed by atoms with Gasteiger partial charge in [0.2, 0.25) is 11.8 Å². The van der Waals surface area contributed by atoms with Crippen molar-refractivity contribution in [2.75, 3.05) is 18.6 Å². The summed E-state index contributed by atoms with van der Waals surface area (Å²) in [5.41, 5.74) is 2.00. The maximum absolute atomic E-state index is 13.1. The van der Waals surface area contributed by atoms with Gasteiger partial charge < -0.3 is 9.47 Å². The molecule has 1 atom stereocenters. The number of hydrogen-bond acceptors (Lipinski definition) is 9. The normalized spacial score (nSPS) is 14.7. The SMILES string of the molecule is CCCc1ccc(C#N)c(SC2CC(=O)N(c3ccc(C(=O)OCC(=O)c4cccc(OC)c4)cc3)C2=O)n1. The average molecular weight is 544 g/mol. The Hall–Kier alpha value is -4.49. The topological polar surface area (TPSA) is 127 Å². The lowest BCUT2D eigenvalue weighted by Crippen LogP contribution is -2.31. The highest BCUT2D eigenvalue weighted by molar-refractivity contribution is 8.00. The summed E-state index contributed by atoms with van der Waals surface area (Å²) in [6.07, 6.45) is 1.59. The molecule has 10 heteroatoms. The molecule has 0 spiro atoms. The smallest absolute Gasteiger partial charge is 0.338 e. The van der Waals surface area contributed by atoms with E-state index in [9.17, 15) is 24.4 Å². The van der Waals surface area contributed by atoms with Gasteiger partial charge in [-0.2, -0.15) is 5.26 Å². The molecule has 2 amide bonds. The third-order valence-corrected chi connectivity index (χ3v) is 7.18. The van der Waals surface area contributed by atoms with Crippen molar-refractivity contribution in [3.8, 4) is 11.8 Å². The van der Waals surface area contributed by atoms with Crippen LogP contribution in [0, 0.1) is 11.3 Å². The molecule has 2 aromatic carbocycles. The molecular weight excluding hydrogens is 518 g/mol. The summed E-state index contributed by atoms with van der Waals surface area (Å²) < 4.78 is 10.2. The van der Waals surface area contributed by atoms with Crippen molar-refractivity contribution in [2.45, 2.75) is 36.5 Å². The molecule has 0 radical (unpaired) electrons. The van der Waals surface area contributed by atoms with Crippen LogP contribution in [-0.2, 0) is 20.7 Å². The van der Waals surface area contributed by atoms with Crippen LogP contribution in [0.4, 0.5) is 5.69 Å². The predicted molar refractivity (Wildman–Crippen MR) is 144 cm³/mol. The number of thioether (sulfide) groups is 1. The Morgan fingerprint density at radius 2 is 1.87 bits per heavy atom. The molecule has 0 N–H and O–H groups in total. The zero-order valence-corrected chi connectivity index (χ0v) is 22.2. The molecule has 0 bridgehead atoms. The van der Waals surface area contributed by atoms with E-state index in [4.69, 9.17) is 9.47 Å². The third kappa shape index (κ3) is 6.33. The van der Waals surface area contributed by atoms with Crippen molar-refractivity contribution in [1.82, 2.24) is 4.98 Å². The van der Waals surface area contributed by atoms with Crippen molar-refractivity contribution in [2.24, 2.45) is 0 Å². The van der Waals surface area contributed by atoms with E-state index in [0.717, 1.165) is 35.2 Å². The molecule has 1 unspecified atom stereocenters. The maximum atomic E-state index is 13.1. The minimum atomic E-state index is -0.721. The summed E-state index contributed by atoms with van der Waals surface area (Å²) in [5.74, 6) is -1.39. The molecule has 4 rings (SSSR count). The number of nitriles is 1. The molecular formula is C29H25N3O6S. The molecule has 0 saturated carbocycles. The number of aromatic nitrogens is 1. The van der Waals surface area contributed by atoms with E-state index < -0.39 is 23.7 Å². The van der Waals surface area contributed by atoms with Gasteiger partial charge in [0, 0.05) is 17.7 Å². The van der Waals surface area contributed by atoms with Crippen molar-refractivity contribution in [3.05, 3.63) is 83.0 Å². The summed E-state index contributed by atoms with van der Waals surface area (Å²) in [5, 5.41) is 9.16. The van der Waals surface area contributed by atoms with Gasteiger partial charge in [0.1, 0.15) is 16.8 Å². The minimum absolute atomic E-state index is 0.0375. The largest absolute Gasteiger partial charge is 0.497 e. The maximum Gasteiger partial charge on any atom is 0.338 e. The molecule has 1 aliphatic heterocycles. The van der Waals surface area contributed by atoms with Crippen LogP contribution in [0.1, 0.15) is 51.7 Å². The number of esters is 1. The van der Waals surface area contributed by atoms with Crippen LogP contribution >= 0.6 is 11.8 Å². The number of aryl methyl sites for hydroxylation is 1. The highest BCUT2D eigenvalue weighted by Crippen LogP contribution is 2.35. The highest BCUT2D eigenvalue weighted by Gasteiger charge is 2.40. The number of ketones is 1. The summed E-state index contributed by atoms with van der Waals surface area (Å²) in [4.78, 5) is 56.3. The van der Waals surface area contributed by atoms with E-state index in [0.29, 0.717) is 27.6 Å². The van der Waals surface area contributed by atoms with Crippen LogP contribution in [0.25, 0.3) is 0 Å². The van der Waals surface area contributed by atoms with E-state index in [1.165, 1.54) is 31.4 Å². The molecule has 1 saturated heterocycles. The Bertz CT molecular complexity index is 1460. The van der Waals surface area contributed by atoms with Crippen LogP contribution in [-0.4, -0.2) is 47.5 Å². The second kappa shape index (κ2) is 12.4. The number of rotatable bonds is 10. The number of imide groups is 1. The zero-order chi connectivity index (χ0) is 27.9. The van der Waals surface area contributed by atoms with Crippen LogP contribution in [0.5, 0.6) is 5.75 Å². The second-order valence-corrected chi connectivity index (χ2v) is 9.86. The molecule has 1 aliphatic rings. The van der Waals surface area contributed by atoms with E-state index in [1.807, 2.05) is 6.92 Å². The van der Waals surface area contributed by atoms with Gasteiger partial charge in [-0.1, -0.05) is 37.2 Å². The number of amides is 2. The summed E-state index contributed by atoms with van der Waals surface area (Å²) in [7, 11) is 1.49. The highest BCUT2D eigenvalue weighted by atomic mass is 32.2. The van der Waals surface area contributed by atoms with Gasteiger partial charge in [-0.25, -0.2) is 14.7 Å². The van der Waals surface area contributed by atoms with Gasteiger partial charge in [0.25, 0.3) is 0 Å². The van der Waals surface area contributed by atoms with Gasteiger partial charge in [0.15, 0.2) is 12.4 Å². The first-order valence-electron chi connectivity index (χ1n) is 12.2.